The second kappa shape index (κ2) is 5.94. The average Bonchev–Trinajstić information content (AvgIpc) is 2.44. The summed E-state index contributed by atoms with van der Waals surface area (Å²) in [5, 5.41) is 0. The van der Waals surface area contributed by atoms with Gasteiger partial charge in [0.05, 0.1) is 7.11 Å². The van der Waals surface area contributed by atoms with E-state index in [2.05, 4.69) is 58.6 Å². The number of aryl methyl sites for hydroxylation is 2. The SMILES string of the molecule is CC[C@@H](C(=O)OC)N1c2cc(C)c(C)cc2[C@@H](C)CC1(C)C. The average molecular weight is 303 g/mol. The van der Waals surface area contributed by atoms with Crippen molar-refractivity contribution in [3.05, 3.63) is 28.8 Å². The zero-order valence-electron chi connectivity index (χ0n) is 15.0. The minimum absolute atomic E-state index is 0.0665. The number of esters is 1. The second-order valence-corrected chi connectivity index (χ2v) is 7.23. The summed E-state index contributed by atoms with van der Waals surface area (Å²) in [4.78, 5) is 14.6. The van der Waals surface area contributed by atoms with E-state index in [0.717, 1.165) is 12.8 Å². The van der Waals surface area contributed by atoms with Gasteiger partial charge >= 0.3 is 5.97 Å². The number of rotatable bonds is 3. The highest BCUT2D eigenvalue weighted by atomic mass is 16.5. The van der Waals surface area contributed by atoms with Crippen molar-refractivity contribution in [2.75, 3.05) is 12.0 Å². The number of ether oxygens (including phenoxy) is 1. The number of methoxy groups -OCH3 is 1. The van der Waals surface area contributed by atoms with E-state index in [4.69, 9.17) is 4.74 Å². The standard InChI is InChI=1S/C19H29NO2/c1-8-16(18(21)22-7)20-17-10-13(3)12(2)9-15(17)14(4)11-19(20,5)6/h9-10,14,16H,8,11H2,1-7H3/t14-,16-/m0/s1. The van der Waals surface area contributed by atoms with Gasteiger partial charge in [-0.1, -0.05) is 19.9 Å². The largest absolute Gasteiger partial charge is 0.467 e. The number of hydrogen-bond donors (Lipinski definition) is 0. The third-order valence-corrected chi connectivity index (χ3v) is 5.06. The first-order chi connectivity index (χ1) is 10.2. The fourth-order valence-electron chi connectivity index (χ4n) is 3.89. The smallest absolute Gasteiger partial charge is 0.328 e. The second-order valence-electron chi connectivity index (χ2n) is 7.23. The number of benzene rings is 1. The van der Waals surface area contributed by atoms with Gasteiger partial charge in [-0.05, 0) is 69.2 Å². The van der Waals surface area contributed by atoms with E-state index in [1.807, 2.05) is 0 Å². The molecule has 1 aliphatic heterocycles. The maximum absolute atomic E-state index is 12.3. The van der Waals surface area contributed by atoms with Crippen LogP contribution in [0, 0.1) is 13.8 Å². The third-order valence-electron chi connectivity index (χ3n) is 5.06. The Hall–Kier alpha value is -1.51. The molecule has 1 heterocycles. The number of carbonyl (C=O) groups excluding carboxylic acids is 1. The van der Waals surface area contributed by atoms with Crippen LogP contribution in [0.1, 0.15) is 63.1 Å². The molecule has 1 aromatic rings. The molecule has 0 aromatic heterocycles. The van der Waals surface area contributed by atoms with Gasteiger partial charge in [-0.3, -0.25) is 0 Å². The van der Waals surface area contributed by atoms with Crippen LogP contribution in [0.25, 0.3) is 0 Å². The van der Waals surface area contributed by atoms with Gasteiger partial charge in [-0.25, -0.2) is 4.79 Å². The molecule has 2 rings (SSSR count). The van der Waals surface area contributed by atoms with Gasteiger partial charge in [0.1, 0.15) is 6.04 Å². The zero-order valence-corrected chi connectivity index (χ0v) is 15.0. The molecule has 2 atom stereocenters. The summed E-state index contributed by atoms with van der Waals surface area (Å²) < 4.78 is 5.07. The topological polar surface area (TPSA) is 29.5 Å². The Morgan fingerprint density at radius 2 is 1.95 bits per heavy atom. The first-order valence-corrected chi connectivity index (χ1v) is 8.21. The molecule has 0 unspecified atom stereocenters. The van der Waals surface area contributed by atoms with E-state index < -0.39 is 0 Å². The van der Waals surface area contributed by atoms with Crippen molar-refractivity contribution in [1.29, 1.82) is 0 Å². The number of hydrogen-bond acceptors (Lipinski definition) is 3. The van der Waals surface area contributed by atoms with Gasteiger partial charge in [0.15, 0.2) is 0 Å². The molecular weight excluding hydrogens is 274 g/mol. The fourth-order valence-corrected chi connectivity index (χ4v) is 3.89. The Morgan fingerprint density at radius 1 is 1.36 bits per heavy atom. The molecule has 1 aliphatic rings. The Bertz CT molecular complexity index is 577. The molecule has 0 radical (unpaired) electrons. The summed E-state index contributed by atoms with van der Waals surface area (Å²) in [6.07, 6.45) is 1.78. The minimum atomic E-state index is -0.228. The molecule has 122 valence electrons. The first kappa shape index (κ1) is 16.9. The molecule has 0 N–H and O–H groups in total. The molecule has 0 aliphatic carbocycles. The maximum atomic E-state index is 12.3. The summed E-state index contributed by atoms with van der Waals surface area (Å²) in [5.74, 6) is 0.352. The zero-order chi connectivity index (χ0) is 16.7. The molecule has 3 nitrogen and oxygen atoms in total. The van der Waals surface area contributed by atoms with E-state index in [-0.39, 0.29) is 17.6 Å². The van der Waals surface area contributed by atoms with Crippen molar-refractivity contribution in [3.8, 4) is 0 Å². The van der Waals surface area contributed by atoms with Crippen molar-refractivity contribution in [3.63, 3.8) is 0 Å². The monoisotopic (exact) mass is 303 g/mol. The lowest BCUT2D eigenvalue weighted by Crippen LogP contribution is -2.56. The lowest BCUT2D eigenvalue weighted by Gasteiger charge is -2.50. The van der Waals surface area contributed by atoms with E-state index in [0.29, 0.717) is 5.92 Å². The van der Waals surface area contributed by atoms with Crippen LogP contribution in [0.5, 0.6) is 0 Å². The van der Waals surface area contributed by atoms with Crippen LogP contribution in [0.3, 0.4) is 0 Å². The Labute approximate surface area is 134 Å². The normalized spacial score (nSPS) is 21.2. The predicted octanol–water partition coefficient (Wildman–Crippen LogP) is 4.35. The molecule has 3 heteroatoms. The van der Waals surface area contributed by atoms with Gasteiger partial charge < -0.3 is 9.64 Å². The molecule has 0 saturated carbocycles. The van der Waals surface area contributed by atoms with Crippen molar-refractivity contribution in [2.45, 2.75) is 71.9 Å². The van der Waals surface area contributed by atoms with Crippen LogP contribution >= 0.6 is 0 Å². The molecule has 0 spiro atoms. The van der Waals surface area contributed by atoms with Crippen LogP contribution in [0.2, 0.25) is 0 Å². The van der Waals surface area contributed by atoms with E-state index in [1.165, 1.54) is 29.5 Å². The number of fused-ring (bicyclic) bond motifs is 1. The van der Waals surface area contributed by atoms with Gasteiger partial charge in [-0.15, -0.1) is 0 Å². The first-order valence-electron chi connectivity index (χ1n) is 8.21. The fraction of sp³-hybridized carbons (Fsp3) is 0.632. The number of carbonyl (C=O) groups is 1. The number of anilines is 1. The highest BCUT2D eigenvalue weighted by Gasteiger charge is 2.42. The van der Waals surface area contributed by atoms with Gasteiger partial charge in [0.2, 0.25) is 0 Å². The summed E-state index contributed by atoms with van der Waals surface area (Å²) in [7, 11) is 1.48. The van der Waals surface area contributed by atoms with Crippen LogP contribution in [-0.4, -0.2) is 24.7 Å². The molecular formula is C19H29NO2. The van der Waals surface area contributed by atoms with Crippen molar-refractivity contribution in [2.24, 2.45) is 0 Å². The van der Waals surface area contributed by atoms with Crippen LogP contribution in [-0.2, 0) is 9.53 Å². The molecule has 22 heavy (non-hydrogen) atoms. The number of nitrogens with zero attached hydrogens (tertiary/aromatic N) is 1. The Kier molecular flexibility index (Phi) is 4.55. The van der Waals surface area contributed by atoms with E-state index in [9.17, 15) is 4.79 Å². The summed E-state index contributed by atoms with van der Waals surface area (Å²) >= 11 is 0. The van der Waals surface area contributed by atoms with E-state index >= 15 is 0 Å². The van der Waals surface area contributed by atoms with Crippen LogP contribution < -0.4 is 4.90 Å². The van der Waals surface area contributed by atoms with Gasteiger partial charge in [0.25, 0.3) is 0 Å². The quantitative estimate of drug-likeness (QED) is 0.778. The Morgan fingerprint density at radius 3 is 2.50 bits per heavy atom. The van der Waals surface area contributed by atoms with E-state index in [1.54, 1.807) is 0 Å². The van der Waals surface area contributed by atoms with Gasteiger partial charge in [0, 0.05) is 11.2 Å². The van der Waals surface area contributed by atoms with Crippen molar-refractivity contribution >= 4 is 11.7 Å². The van der Waals surface area contributed by atoms with Gasteiger partial charge in [-0.2, -0.15) is 0 Å². The Balaban J connectivity index is 2.63. The lowest BCUT2D eigenvalue weighted by molar-refractivity contribution is -0.142. The molecule has 0 bridgehead atoms. The summed E-state index contributed by atoms with van der Waals surface area (Å²) in [5.41, 5.74) is 5.07. The molecule has 1 aromatic carbocycles. The van der Waals surface area contributed by atoms with Crippen LogP contribution in [0.15, 0.2) is 12.1 Å². The van der Waals surface area contributed by atoms with Crippen molar-refractivity contribution in [1.82, 2.24) is 0 Å². The minimum Gasteiger partial charge on any atom is -0.467 e. The summed E-state index contributed by atoms with van der Waals surface area (Å²) in [6.45, 7) is 13.1. The molecule has 0 amide bonds. The lowest BCUT2D eigenvalue weighted by atomic mass is 9.78. The maximum Gasteiger partial charge on any atom is 0.328 e. The molecule has 0 fully saturated rings. The third kappa shape index (κ3) is 2.73. The van der Waals surface area contributed by atoms with Crippen LogP contribution in [0.4, 0.5) is 5.69 Å². The predicted molar refractivity (Wildman–Crippen MR) is 91.6 cm³/mol. The molecule has 0 saturated heterocycles. The highest BCUT2D eigenvalue weighted by Crippen LogP contribution is 2.45. The highest BCUT2D eigenvalue weighted by molar-refractivity contribution is 5.82. The van der Waals surface area contributed by atoms with Crippen molar-refractivity contribution < 1.29 is 9.53 Å². The summed E-state index contributed by atoms with van der Waals surface area (Å²) in [6, 6.07) is 4.31.